The lowest BCUT2D eigenvalue weighted by Gasteiger charge is -2.14. The third kappa shape index (κ3) is 3.26. The molecule has 112 valence electrons. The number of nitrogens with one attached hydrogen (secondary N) is 2. The van der Waals surface area contributed by atoms with Crippen molar-refractivity contribution < 1.29 is 13.3 Å². The highest BCUT2D eigenvalue weighted by Crippen LogP contribution is 2.22. The molecule has 0 fully saturated rings. The Morgan fingerprint density at radius 1 is 1.43 bits per heavy atom. The highest BCUT2D eigenvalue weighted by molar-refractivity contribution is 7.89. The molecule has 1 heterocycles. The van der Waals surface area contributed by atoms with Crippen LogP contribution in [0.3, 0.4) is 0 Å². The summed E-state index contributed by atoms with van der Waals surface area (Å²) in [5.41, 5.74) is 0.864. The van der Waals surface area contributed by atoms with Crippen LogP contribution in [-0.2, 0) is 10.0 Å². The number of H-pyrrole nitrogens is 1. The third-order valence-corrected chi connectivity index (χ3v) is 4.71. The first-order valence-electron chi connectivity index (χ1n) is 6.07. The van der Waals surface area contributed by atoms with Crippen LogP contribution in [0.5, 0.6) is 0 Å². The van der Waals surface area contributed by atoms with Crippen LogP contribution in [-0.4, -0.2) is 23.5 Å². The second-order valence-electron chi connectivity index (χ2n) is 4.58. The molecule has 0 saturated carbocycles. The average molecular weight is 310 g/mol. The topological polar surface area (TPSA) is 118 Å². The first-order valence-corrected chi connectivity index (χ1v) is 7.55. The molecule has 2 N–H and O–H groups in total. The Labute approximate surface area is 121 Å². The molecule has 9 heteroatoms. The van der Waals surface area contributed by atoms with Gasteiger partial charge in [0.2, 0.25) is 10.0 Å². The summed E-state index contributed by atoms with van der Waals surface area (Å²) in [6.45, 7) is 3.20. The molecule has 0 radical (unpaired) electrons. The molecule has 2 aromatic rings. The zero-order valence-corrected chi connectivity index (χ0v) is 12.2. The van der Waals surface area contributed by atoms with Crippen molar-refractivity contribution in [3.05, 3.63) is 51.8 Å². The number of aryl methyl sites for hydroxylation is 1. The van der Waals surface area contributed by atoms with E-state index >= 15 is 0 Å². The lowest BCUT2D eigenvalue weighted by atomic mass is 10.2. The van der Waals surface area contributed by atoms with Crippen LogP contribution in [0.15, 0.2) is 35.5 Å². The van der Waals surface area contributed by atoms with Crippen molar-refractivity contribution in [3.8, 4) is 0 Å². The first kappa shape index (κ1) is 15.1. The molecule has 0 saturated heterocycles. The molecule has 2 rings (SSSR count). The Bertz CT molecular complexity index is 756. The van der Waals surface area contributed by atoms with E-state index in [1.54, 1.807) is 13.1 Å². The fourth-order valence-electron chi connectivity index (χ4n) is 1.91. The summed E-state index contributed by atoms with van der Waals surface area (Å²) in [4.78, 5) is 10.1. The summed E-state index contributed by atoms with van der Waals surface area (Å²) in [5, 5.41) is 17.0. The minimum Gasteiger partial charge on any atom is -0.285 e. The van der Waals surface area contributed by atoms with Gasteiger partial charge in [0, 0.05) is 29.9 Å². The molecule has 1 aromatic carbocycles. The van der Waals surface area contributed by atoms with E-state index in [0.29, 0.717) is 11.1 Å². The van der Waals surface area contributed by atoms with Gasteiger partial charge in [-0.3, -0.25) is 15.2 Å². The zero-order chi connectivity index (χ0) is 15.6. The number of non-ortho nitro benzene ring substituents is 1. The van der Waals surface area contributed by atoms with Crippen molar-refractivity contribution in [1.29, 1.82) is 0 Å². The van der Waals surface area contributed by atoms with Crippen LogP contribution in [0, 0.1) is 17.0 Å². The van der Waals surface area contributed by atoms with E-state index in [2.05, 4.69) is 14.9 Å². The molecule has 0 aliphatic carbocycles. The molecule has 1 aromatic heterocycles. The number of hydrogen-bond acceptors (Lipinski definition) is 5. The van der Waals surface area contributed by atoms with E-state index in [0.717, 1.165) is 0 Å². The fourth-order valence-corrected chi connectivity index (χ4v) is 3.37. The van der Waals surface area contributed by atoms with Gasteiger partial charge < -0.3 is 0 Å². The molecule has 0 amide bonds. The number of benzene rings is 1. The molecule has 0 aliphatic heterocycles. The summed E-state index contributed by atoms with van der Waals surface area (Å²) < 4.78 is 27.2. The molecule has 21 heavy (non-hydrogen) atoms. The average Bonchev–Trinajstić information content (AvgIpc) is 2.91. The highest BCUT2D eigenvalue weighted by atomic mass is 32.2. The number of nitro benzene ring substituents is 1. The molecular formula is C12H14N4O4S. The second kappa shape index (κ2) is 5.62. The van der Waals surface area contributed by atoms with Gasteiger partial charge in [0.15, 0.2) is 0 Å². The Balaban J connectivity index is 2.29. The summed E-state index contributed by atoms with van der Waals surface area (Å²) in [6, 6.07) is 3.17. The van der Waals surface area contributed by atoms with Gasteiger partial charge >= 0.3 is 0 Å². The second-order valence-corrected chi connectivity index (χ2v) is 6.26. The fraction of sp³-hybridized carbons (Fsp3) is 0.250. The predicted molar refractivity (Wildman–Crippen MR) is 75.2 cm³/mol. The first-order chi connectivity index (χ1) is 9.81. The maximum atomic E-state index is 12.3. The molecule has 1 atom stereocenters. The van der Waals surface area contributed by atoms with Crippen molar-refractivity contribution in [2.45, 2.75) is 24.8 Å². The van der Waals surface area contributed by atoms with Crippen molar-refractivity contribution in [1.82, 2.24) is 14.9 Å². The van der Waals surface area contributed by atoms with E-state index in [1.807, 2.05) is 0 Å². The molecule has 8 nitrogen and oxygen atoms in total. The van der Waals surface area contributed by atoms with E-state index in [-0.39, 0.29) is 10.6 Å². The number of nitrogens with zero attached hydrogens (tertiary/aromatic N) is 2. The van der Waals surface area contributed by atoms with Crippen molar-refractivity contribution in [2.24, 2.45) is 0 Å². The SMILES string of the molecule is Cc1cc([N+](=O)[O-])ccc1S(=O)(=O)NC(C)c1cn[nH]c1. The van der Waals surface area contributed by atoms with Crippen molar-refractivity contribution in [2.75, 3.05) is 0 Å². The third-order valence-electron chi connectivity index (χ3n) is 3.01. The Morgan fingerprint density at radius 3 is 2.67 bits per heavy atom. The summed E-state index contributed by atoms with van der Waals surface area (Å²) in [5.74, 6) is 0. The van der Waals surface area contributed by atoms with Gasteiger partial charge in [0.25, 0.3) is 5.69 Å². The Kier molecular flexibility index (Phi) is 4.05. The monoisotopic (exact) mass is 310 g/mol. The molecule has 1 unspecified atom stereocenters. The number of aromatic nitrogens is 2. The number of hydrogen-bond donors (Lipinski definition) is 2. The van der Waals surface area contributed by atoms with E-state index in [9.17, 15) is 18.5 Å². The van der Waals surface area contributed by atoms with E-state index in [4.69, 9.17) is 0 Å². The van der Waals surface area contributed by atoms with Crippen molar-refractivity contribution >= 4 is 15.7 Å². The molecule has 0 spiro atoms. The maximum Gasteiger partial charge on any atom is 0.269 e. The standard InChI is InChI=1S/C12H14N4O4S/c1-8-5-11(16(17)18)3-4-12(8)21(19,20)15-9(2)10-6-13-14-7-10/h3-7,9,15H,1-2H3,(H,13,14). The van der Waals surface area contributed by atoms with Gasteiger partial charge in [-0.1, -0.05) is 0 Å². The normalized spacial score (nSPS) is 13.0. The minimum absolute atomic E-state index is 0.0171. The largest absolute Gasteiger partial charge is 0.285 e. The zero-order valence-electron chi connectivity index (χ0n) is 11.4. The Hall–Kier alpha value is -2.26. The van der Waals surface area contributed by atoms with E-state index in [1.165, 1.54) is 31.3 Å². The number of sulfonamides is 1. The van der Waals surface area contributed by atoms with Gasteiger partial charge in [0.05, 0.1) is 16.0 Å². The van der Waals surface area contributed by atoms with Crippen LogP contribution in [0.2, 0.25) is 0 Å². The quantitative estimate of drug-likeness (QED) is 0.643. The van der Waals surface area contributed by atoms with Gasteiger partial charge in [-0.05, 0) is 25.5 Å². The van der Waals surface area contributed by atoms with Crippen LogP contribution >= 0.6 is 0 Å². The lowest BCUT2D eigenvalue weighted by Crippen LogP contribution is -2.27. The van der Waals surface area contributed by atoms with Crippen molar-refractivity contribution in [3.63, 3.8) is 0 Å². The molecular weight excluding hydrogens is 296 g/mol. The lowest BCUT2D eigenvalue weighted by molar-refractivity contribution is -0.385. The Morgan fingerprint density at radius 2 is 2.14 bits per heavy atom. The minimum atomic E-state index is -3.77. The van der Waals surface area contributed by atoms with Crippen LogP contribution < -0.4 is 4.72 Å². The van der Waals surface area contributed by atoms with Crippen LogP contribution in [0.25, 0.3) is 0 Å². The van der Waals surface area contributed by atoms with Gasteiger partial charge in [-0.15, -0.1) is 0 Å². The van der Waals surface area contributed by atoms with Gasteiger partial charge in [-0.25, -0.2) is 13.1 Å². The number of nitro groups is 1. The molecule has 0 bridgehead atoms. The summed E-state index contributed by atoms with van der Waals surface area (Å²) in [7, 11) is -3.77. The van der Waals surface area contributed by atoms with Crippen LogP contribution in [0.1, 0.15) is 24.1 Å². The summed E-state index contributed by atoms with van der Waals surface area (Å²) >= 11 is 0. The van der Waals surface area contributed by atoms with Gasteiger partial charge in [-0.2, -0.15) is 5.10 Å². The smallest absolute Gasteiger partial charge is 0.269 e. The predicted octanol–water partition coefficient (Wildman–Crippen LogP) is 1.67. The van der Waals surface area contributed by atoms with E-state index < -0.39 is 21.0 Å². The number of rotatable bonds is 5. The number of aromatic amines is 1. The van der Waals surface area contributed by atoms with Crippen LogP contribution in [0.4, 0.5) is 5.69 Å². The maximum absolute atomic E-state index is 12.3. The highest BCUT2D eigenvalue weighted by Gasteiger charge is 2.22. The molecule has 0 aliphatic rings. The summed E-state index contributed by atoms with van der Waals surface area (Å²) in [6.07, 6.45) is 3.12. The van der Waals surface area contributed by atoms with Gasteiger partial charge in [0.1, 0.15) is 0 Å².